The Hall–Kier alpha value is -2.04. The molecule has 1 aromatic carbocycles. The van der Waals surface area contributed by atoms with E-state index in [1.807, 2.05) is 0 Å². The maximum Gasteiger partial charge on any atom is 0.338 e. The van der Waals surface area contributed by atoms with Crippen LogP contribution in [0.25, 0.3) is 0 Å². The lowest BCUT2D eigenvalue weighted by atomic mass is 9.78. The predicted octanol–water partition coefficient (Wildman–Crippen LogP) is 3.18. The Balaban J connectivity index is 1.89. The third kappa shape index (κ3) is 4.49. The van der Waals surface area contributed by atoms with Crippen molar-refractivity contribution >= 4 is 11.9 Å². The van der Waals surface area contributed by atoms with Gasteiger partial charge in [-0.3, -0.25) is 4.79 Å². The van der Waals surface area contributed by atoms with Crippen LogP contribution in [-0.4, -0.2) is 31.1 Å². The van der Waals surface area contributed by atoms with Gasteiger partial charge < -0.3 is 14.8 Å². The Bertz CT molecular complexity index is 569. The lowest BCUT2D eigenvalue weighted by Crippen LogP contribution is -2.47. The van der Waals surface area contributed by atoms with Gasteiger partial charge in [-0.15, -0.1) is 0 Å². The Labute approximate surface area is 143 Å². The molecule has 2 rings (SSSR count). The molecule has 1 aromatic rings. The van der Waals surface area contributed by atoms with Crippen molar-refractivity contribution in [3.63, 3.8) is 0 Å². The first kappa shape index (κ1) is 18.3. The summed E-state index contributed by atoms with van der Waals surface area (Å²) in [5.41, 5.74) is 0.398. The number of amides is 1. The van der Waals surface area contributed by atoms with Gasteiger partial charge in [-0.2, -0.15) is 0 Å². The summed E-state index contributed by atoms with van der Waals surface area (Å²) in [6.07, 6.45) is 2.49. The molecule has 5 heteroatoms. The van der Waals surface area contributed by atoms with E-state index in [0.29, 0.717) is 23.1 Å². The molecule has 5 nitrogen and oxygen atoms in total. The van der Waals surface area contributed by atoms with Crippen molar-refractivity contribution in [2.24, 2.45) is 11.8 Å². The number of nitrogens with one attached hydrogen (secondary N) is 1. The molecule has 0 aromatic heterocycles. The molecule has 132 valence electrons. The second kappa shape index (κ2) is 8.18. The van der Waals surface area contributed by atoms with Crippen LogP contribution in [0.4, 0.5) is 0 Å². The molecule has 0 spiro atoms. The van der Waals surface area contributed by atoms with E-state index in [0.717, 1.165) is 12.8 Å². The largest absolute Gasteiger partial charge is 0.497 e. The van der Waals surface area contributed by atoms with Gasteiger partial charge in [0, 0.05) is 6.04 Å². The van der Waals surface area contributed by atoms with Crippen molar-refractivity contribution in [2.45, 2.75) is 52.2 Å². The molecule has 1 aliphatic carbocycles. The van der Waals surface area contributed by atoms with E-state index in [4.69, 9.17) is 9.47 Å². The first-order valence-electron chi connectivity index (χ1n) is 8.57. The van der Waals surface area contributed by atoms with Gasteiger partial charge in [-0.05, 0) is 49.4 Å². The van der Waals surface area contributed by atoms with Gasteiger partial charge in [0.15, 0.2) is 6.10 Å². The van der Waals surface area contributed by atoms with Gasteiger partial charge in [0.1, 0.15) is 5.75 Å². The van der Waals surface area contributed by atoms with Gasteiger partial charge in [-0.25, -0.2) is 4.79 Å². The number of carbonyl (C=O) groups excluding carboxylic acids is 2. The quantitative estimate of drug-likeness (QED) is 0.841. The Morgan fingerprint density at radius 3 is 2.46 bits per heavy atom. The normalized spacial score (nSPS) is 24.8. The number of hydrogen-bond donors (Lipinski definition) is 1. The molecule has 0 heterocycles. The molecule has 0 radical (unpaired) electrons. The Morgan fingerprint density at radius 1 is 1.17 bits per heavy atom. The molecule has 24 heavy (non-hydrogen) atoms. The molecule has 1 saturated carbocycles. The smallest absolute Gasteiger partial charge is 0.338 e. The number of rotatable bonds is 5. The molecular weight excluding hydrogens is 306 g/mol. The zero-order valence-corrected chi connectivity index (χ0v) is 14.9. The van der Waals surface area contributed by atoms with Crippen LogP contribution in [0.2, 0.25) is 0 Å². The van der Waals surface area contributed by atoms with Gasteiger partial charge >= 0.3 is 5.97 Å². The fourth-order valence-electron chi connectivity index (χ4n) is 3.10. The molecular formula is C19H27NO4. The number of methoxy groups -OCH3 is 1. The highest BCUT2D eigenvalue weighted by molar-refractivity contribution is 5.92. The number of hydrogen-bond acceptors (Lipinski definition) is 4. The topological polar surface area (TPSA) is 64.6 Å². The van der Waals surface area contributed by atoms with E-state index >= 15 is 0 Å². The van der Waals surface area contributed by atoms with Crippen LogP contribution in [0.3, 0.4) is 0 Å². The zero-order chi connectivity index (χ0) is 17.7. The van der Waals surface area contributed by atoms with Crippen LogP contribution in [0.15, 0.2) is 24.3 Å². The third-order valence-corrected chi connectivity index (χ3v) is 5.01. The highest BCUT2D eigenvalue weighted by Crippen LogP contribution is 2.29. The molecule has 0 saturated heterocycles. The fourth-order valence-corrected chi connectivity index (χ4v) is 3.10. The van der Waals surface area contributed by atoms with Gasteiger partial charge in [-0.1, -0.05) is 26.7 Å². The average molecular weight is 333 g/mol. The summed E-state index contributed by atoms with van der Waals surface area (Å²) in [7, 11) is 1.56. The number of carbonyl (C=O) groups is 2. The number of benzene rings is 1. The summed E-state index contributed by atoms with van der Waals surface area (Å²) in [5, 5.41) is 3.04. The van der Waals surface area contributed by atoms with Crippen LogP contribution in [0.1, 0.15) is 50.4 Å². The Morgan fingerprint density at radius 2 is 1.83 bits per heavy atom. The average Bonchev–Trinajstić information content (AvgIpc) is 2.58. The third-order valence-electron chi connectivity index (χ3n) is 5.01. The second-order valence-electron chi connectivity index (χ2n) is 6.66. The lowest BCUT2D eigenvalue weighted by Gasteiger charge is -2.35. The van der Waals surface area contributed by atoms with Gasteiger partial charge in [0.05, 0.1) is 12.7 Å². The number of esters is 1. The fraction of sp³-hybridized carbons (Fsp3) is 0.579. The minimum atomic E-state index is -0.816. The number of ether oxygens (including phenoxy) is 2. The van der Waals surface area contributed by atoms with Gasteiger partial charge in [0.25, 0.3) is 5.91 Å². The second-order valence-corrected chi connectivity index (χ2v) is 6.66. The SMILES string of the molecule is COc1ccc(C(=O)O[C@H](C)C(=O)N[C@@H]2CCC[C@@H](C)[C@H]2C)cc1. The van der Waals surface area contributed by atoms with E-state index in [9.17, 15) is 9.59 Å². The lowest BCUT2D eigenvalue weighted by molar-refractivity contribution is -0.130. The Kier molecular flexibility index (Phi) is 6.23. The molecule has 0 unspecified atom stereocenters. The van der Waals surface area contributed by atoms with E-state index in [2.05, 4.69) is 19.2 Å². The van der Waals surface area contributed by atoms with Crippen LogP contribution in [0, 0.1) is 11.8 Å². The van der Waals surface area contributed by atoms with Gasteiger partial charge in [0.2, 0.25) is 0 Å². The van der Waals surface area contributed by atoms with E-state index in [1.165, 1.54) is 6.42 Å². The van der Waals surface area contributed by atoms with Crippen molar-refractivity contribution in [3.8, 4) is 5.75 Å². The molecule has 1 N–H and O–H groups in total. The molecule has 0 bridgehead atoms. The summed E-state index contributed by atoms with van der Waals surface area (Å²) < 4.78 is 10.3. The van der Waals surface area contributed by atoms with Crippen molar-refractivity contribution in [3.05, 3.63) is 29.8 Å². The van der Waals surface area contributed by atoms with Crippen LogP contribution < -0.4 is 10.1 Å². The summed E-state index contributed by atoms with van der Waals surface area (Å²) in [5.74, 6) is 0.958. The summed E-state index contributed by atoms with van der Waals surface area (Å²) >= 11 is 0. The zero-order valence-electron chi connectivity index (χ0n) is 14.9. The highest BCUT2D eigenvalue weighted by Gasteiger charge is 2.30. The molecule has 4 atom stereocenters. The predicted molar refractivity (Wildman–Crippen MR) is 92.0 cm³/mol. The first-order chi connectivity index (χ1) is 11.4. The van der Waals surface area contributed by atoms with Crippen molar-refractivity contribution in [1.29, 1.82) is 0 Å². The monoisotopic (exact) mass is 333 g/mol. The van der Waals surface area contributed by atoms with Crippen LogP contribution >= 0.6 is 0 Å². The van der Waals surface area contributed by atoms with E-state index in [-0.39, 0.29) is 11.9 Å². The standard InChI is InChI=1S/C19H27NO4/c1-12-6-5-7-17(13(12)2)20-18(21)14(3)24-19(22)15-8-10-16(23-4)11-9-15/h8-14,17H,5-7H2,1-4H3,(H,20,21)/t12-,13-,14-,17-/m1/s1. The maximum atomic E-state index is 12.3. The summed E-state index contributed by atoms with van der Waals surface area (Å²) in [6.45, 7) is 5.99. The highest BCUT2D eigenvalue weighted by atomic mass is 16.5. The minimum Gasteiger partial charge on any atom is -0.497 e. The van der Waals surface area contributed by atoms with E-state index < -0.39 is 12.1 Å². The van der Waals surface area contributed by atoms with Crippen LogP contribution in [0.5, 0.6) is 5.75 Å². The molecule has 1 fully saturated rings. The molecule has 0 aliphatic heterocycles. The maximum absolute atomic E-state index is 12.3. The first-order valence-corrected chi connectivity index (χ1v) is 8.57. The summed E-state index contributed by atoms with van der Waals surface area (Å²) in [4.78, 5) is 24.4. The molecule has 1 aliphatic rings. The van der Waals surface area contributed by atoms with Crippen molar-refractivity contribution in [1.82, 2.24) is 5.32 Å². The minimum absolute atomic E-state index is 0.156. The van der Waals surface area contributed by atoms with E-state index in [1.54, 1.807) is 38.3 Å². The summed E-state index contributed by atoms with van der Waals surface area (Å²) in [6, 6.07) is 6.77. The molecule has 1 amide bonds. The van der Waals surface area contributed by atoms with Crippen molar-refractivity contribution in [2.75, 3.05) is 7.11 Å². The van der Waals surface area contributed by atoms with Crippen molar-refractivity contribution < 1.29 is 19.1 Å². The van der Waals surface area contributed by atoms with Crippen LogP contribution in [-0.2, 0) is 9.53 Å².